The molecule has 2 N–H and O–H groups in total. The summed E-state index contributed by atoms with van der Waals surface area (Å²) in [7, 11) is 0. The Morgan fingerprint density at radius 1 is 1.43 bits per heavy atom. The summed E-state index contributed by atoms with van der Waals surface area (Å²) in [6, 6.07) is 3.64. The van der Waals surface area contributed by atoms with E-state index in [1.54, 1.807) is 13.0 Å². The molecule has 0 aliphatic carbocycles. The lowest BCUT2D eigenvalue weighted by atomic mass is 10.2. The molecule has 0 aliphatic heterocycles. The predicted octanol–water partition coefficient (Wildman–Crippen LogP) is 0.731. The van der Waals surface area contributed by atoms with Crippen molar-refractivity contribution < 1.29 is 9.84 Å². The smallest absolute Gasteiger partial charge is 0.277 e. The fourth-order valence-electron chi connectivity index (χ4n) is 1.31. The summed E-state index contributed by atoms with van der Waals surface area (Å²) in [6.45, 7) is 4.47. The highest BCUT2D eigenvalue weighted by molar-refractivity contribution is 5.33. The topological polar surface area (TPSA) is 59.2 Å². The lowest BCUT2D eigenvalue weighted by Crippen LogP contribution is -2.34. The summed E-state index contributed by atoms with van der Waals surface area (Å²) >= 11 is 0. The van der Waals surface area contributed by atoms with Crippen LogP contribution in [0.4, 0.5) is 5.82 Å². The standard InChI is InChI=1S/C10H16N2O2/c1-8-6-9(2)12(14)10(7-8)11-4-3-5-13/h6-7,11,13H,3-5H2,1-2H3. The molecule has 1 heterocycles. The van der Waals surface area contributed by atoms with Gasteiger partial charge in [-0.05, 0) is 25.5 Å². The minimum Gasteiger partial charge on any atom is -0.710 e. The number of hydrogen-bond donors (Lipinski definition) is 2. The van der Waals surface area contributed by atoms with Gasteiger partial charge in [0.15, 0.2) is 0 Å². The lowest BCUT2D eigenvalue weighted by molar-refractivity contribution is -0.597. The molecular formula is C10H16N2O2. The van der Waals surface area contributed by atoms with Crippen molar-refractivity contribution in [3.63, 3.8) is 0 Å². The highest BCUT2D eigenvalue weighted by atomic mass is 16.5. The second kappa shape index (κ2) is 4.81. The first-order valence-electron chi connectivity index (χ1n) is 4.70. The number of nitrogens with zero attached hydrogens (tertiary/aromatic N) is 1. The second-order valence-corrected chi connectivity index (χ2v) is 3.36. The number of pyridine rings is 1. The number of hydrogen-bond acceptors (Lipinski definition) is 3. The molecule has 0 radical (unpaired) electrons. The zero-order valence-corrected chi connectivity index (χ0v) is 8.58. The predicted molar refractivity (Wildman–Crippen MR) is 55.1 cm³/mol. The Morgan fingerprint density at radius 3 is 2.79 bits per heavy atom. The molecule has 1 rings (SSSR count). The highest BCUT2D eigenvalue weighted by Gasteiger charge is 2.05. The van der Waals surface area contributed by atoms with E-state index < -0.39 is 0 Å². The summed E-state index contributed by atoms with van der Waals surface area (Å²) in [6.07, 6.45) is 0.646. The van der Waals surface area contributed by atoms with Crippen LogP contribution in [0.15, 0.2) is 12.1 Å². The van der Waals surface area contributed by atoms with Crippen molar-refractivity contribution >= 4 is 5.82 Å². The quantitative estimate of drug-likeness (QED) is 0.424. The van der Waals surface area contributed by atoms with Gasteiger partial charge in [0.05, 0.1) is 6.54 Å². The summed E-state index contributed by atoms with van der Waals surface area (Å²) in [5.74, 6) is 0.552. The van der Waals surface area contributed by atoms with E-state index in [1.165, 1.54) is 0 Å². The molecule has 0 spiro atoms. The molecule has 0 amide bonds. The van der Waals surface area contributed by atoms with Gasteiger partial charge in [-0.25, -0.2) is 4.73 Å². The van der Waals surface area contributed by atoms with Crippen molar-refractivity contribution in [1.29, 1.82) is 0 Å². The molecule has 0 saturated heterocycles. The number of aryl methyl sites for hydroxylation is 2. The van der Waals surface area contributed by atoms with Crippen LogP contribution in [-0.2, 0) is 0 Å². The molecule has 0 fully saturated rings. The maximum absolute atomic E-state index is 11.5. The van der Waals surface area contributed by atoms with Crippen LogP contribution in [0.5, 0.6) is 0 Å². The Bertz CT molecular complexity index is 313. The Balaban J connectivity index is 2.75. The molecule has 0 atom stereocenters. The fourth-order valence-corrected chi connectivity index (χ4v) is 1.31. The van der Waals surface area contributed by atoms with Crippen molar-refractivity contribution in [3.8, 4) is 0 Å². The van der Waals surface area contributed by atoms with Gasteiger partial charge in [-0.15, -0.1) is 0 Å². The van der Waals surface area contributed by atoms with Gasteiger partial charge in [0.1, 0.15) is 5.69 Å². The Kier molecular flexibility index (Phi) is 3.71. The SMILES string of the molecule is Cc1cc(C)[n+]([O-])c(NCCCO)c1. The number of rotatable bonds is 4. The van der Waals surface area contributed by atoms with Crippen LogP contribution >= 0.6 is 0 Å². The molecule has 0 aliphatic rings. The van der Waals surface area contributed by atoms with Crippen LogP contribution in [0.2, 0.25) is 0 Å². The second-order valence-electron chi connectivity index (χ2n) is 3.36. The van der Waals surface area contributed by atoms with Crippen LogP contribution in [0.3, 0.4) is 0 Å². The number of aliphatic hydroxyl groups is 1. The zero-order chi connectivity index (χ0) is 10.6. The highest BCUT2D eigenvalue weighted by Crippen LogP contribution is 2.06. The third-order valence-corrected chi connectivity index (χ3v) is 1.98. The van der Waals surface area contributed by atoms with Crippen molar-refractivity contribution in [3.05, 3.63) is 28.6 Å². The van der Waals surface area contributed by atoms with Crippen molar-refractivity contribution in [2.24, 2.45) is 0 Å². The number of nitrogens with one attached hydrogen (secondary N) is 1. The lowest BCUT2D eigenvalue weighted by Gasteiger charge is -2.12. The first-order valence-corrected chi connectivity index (χ1v) is 4.70. The monoisotopic (exact) mass is 196 g/mol. The first kappa shape index (κ1) is 10.8. The third kappa shape index (κ3) is 2.60. The zero-order valence-electron chi connectivity index (χ0n) is 8.58. The van der Waals surface area contributed by atoms with Crippen LogP contribution in [0.1, 0.15) is 17.7 Å². The van der Waals surface area contributed by atoms with E-state index in [9.17, 15) is 5.21 Å². The summed E-state index contributed by atoms with van der Waals surface area (Å²) < 4.78 is 0.865. The van der Waals surface area contributed by atoms with E-state index in [2.05, 4.69) is 5.32 Å². The van der Waals surface area contributed by atoms with E-state index in [4.69, 9.17) is 5.11 Å². The van der Waals surface area contributed by atoms with Gasteiger partial charge >= 0.3 is 0 Å². The van der Waals surface area contributed by atoms with Gasteiger partial charge in [0.25, 0.3) is 5.82 Å². The fraction of sp³-hybridized carbons (Fsp3) is 0.500. The summed E-state index contributed by atoms with van der Waals surface area (Å²) in [5.41, 5.74) is 1.73. The average Bonchev–Trinajstić information content (AvgIpc) is 2.13. The summed E-state index contributed by atoms with van der Waals surface area (Å²) in [4.78, 5) is 0. The average molecular weight is 196 g/mol. The number of anilines is 1. The van der Waals surface area contributed by atoms with E-state index in [0.29, 0.717) is 24.5 Å². The first-order chi connectivity index (χ1) is 6.65. The molecule has 0 bridgehead atoms. The van der Waals surface area contributed by atoms with Crippen LogP contribution in [0.25, 0.3) is 0 Å². The van der Waals surface area contributed by atoms with E-state index in [0.717, 1.165) is 10.3 Å². The molecule has 1 aromatic rings. The van der Waals surface area contributed by atoms with Crippen molar-refractivity contribution in [2.75, 3.05) is 18.5 Å². The van der Waals surface area contributed by atoms with E-state index >= 15 is 0 Å². The number of aromatic nitrogens is 1. The van der Waals surface area contributed by atoms with Gasteiger partial charge in [0, 0.05) is 19.1 Å². The Morgan fingerprint density at radius 2 is 2.14 bits per heavy atom. The van der Waals surface area contributed by atoms with Gasteiger partial charge in [-0.3, -0.25) is 5.32 Å². The van der Waals surface area contributed by atoms with Crippen LogP contribution in [0, 0.1) is 19.1 Å². The largest absolute Gasteiger partial charge is 0.710 e. The molecule has 14 heavy (non-hydrogen) atoms. The molecule has 4 heteroatoms. The normalized spacial score (nSPS) is 10.2. The molecule has 0 aromatic carbocycles. The summed E-state index contributed by atoms with van der Waals surface area (Å²) in [5, 5.41) is 23.1. The molecule has 0 saturated carbocycles. The molecule has 4 nitrogen and oxygen atoms in total. The van der Waals surface area contributed by atoms with Crippen LogP contribution in [-0.4, -0.2) is 18.3 Å². The Labute approximate surface area is 83.8 Å². The molecule has 0 unspecified atom stereocenters. The van der Waals surface area contributed by atoms with E-state index in [1.807, 2.05) is 13.0 Å². The number of aliphatic hydroxyl groups excluding tert-OH is 1. The van der Waals surface area contributed by atoms with Gasteiger partial charge in [0.2, 0.25) is 0 Å². The van der Waals surface area contributed by atoms with Crippen molar-refractivity contribution in [1.82, 2.24) is 0 Å². The van der Waals surface area contributed by atoms with E-state index in [-0.39, 0.29) is 6.61 Å². The maximum atomic E-state index is 11.5. The third-order valence-electron chi connectivity index (χ3n) is 1.98. The Hall–Kier alpha value is -1.29. The molecular weight excluding hydrogens is 180 g/mol. The minimum atomic E-state index is 0.136. The molecule has 78 valence electrons. The van der Waals surface area contributed by atoms with Crippen molar-refractivity contribution in [2.45, 2.75) is 20.3 Å². The van der Waals surface area contributed by atoms with Gasteiger partial charge < -0.3 is 10.3 Å². The minimum absolute atomic E-state index is 0.136. The van der Waals surface area contributed by atoms with Crippen LogP contribution < -0.4 is 10.0 Å². The maximum Gasteiger partial charge on any atom is 0.277 e. The molecule has 1 aromatic heterocycles. The van der Waals surface area contributed by atoms with Gasteiger partial charge in [-0.1, -0.05) is 0 Å². The van der Waals surface area contributed by atoms with Gasteiger partial charge in [-0.2, -0.15) is 0 Å².